The SMILES string of the molecule is Cc1sc(-c2c(C#N)c(N)[nH+]c3c2CCCCCC3)cc1COc1ccccc1Br. The van der Waals surface area contributed by atoms with E-state index in [1.807, 2.05) is 24.3 Å². The average molecular weight is 483 g/mol. The Kier molecular flexibility index (Phi) is 6.40. The van der Waals surface area contributed by atoms with Crippen molar-refractivity contribution in [3.8, 4) is 22.3 Å². The quantitative estimate of drug-likeness (QED) is 0.495. The minimum atomic E-state index is 0.476. The molecule has 2 heterocycles. The molecule has 0 spiro atoms. The molecule has 0 unspecified atom stereocenters. The number of aryl methyl sites for hydroxylation is 2. The van der Waals surface area contributed by atoms with Gasteiger partial charge in [0, 0.05) is 32.9 Å². The molecule has 0 atom stereocenters. The predicted molar refractivity (Wildman–Crippen MR) is 125 cm³/mol. The number of fused-ring (bicyclic) bond motifs is 1. The third kappa shape index (κ3) is 4.23. The Morgan fingerprint density at radius 3 is 2.73 bits per heavy atom. The van der Waals surface area contributed by atoms with Crippen LogP contribution in [0.25, 0.3) is 10.4 Å². The van der Waals surface area contributed by atoms with Gasteiger partial charge < -0.3 is 4.74 Å². The maximum Gasteiger partial charge on any atom is 0.289 e. The van der Waals surface area contributed by atoms with E-state index >= 15 is 0 Å². The number of aromatic nitrogens is 1. The second-order valence-electron chi connectivity index (χ2n) is 7.68. The number of halogens is 1. The number of rotatable bonds is 4. The van der Waals surface area contributed by atoms with Gasteiger partial charge >= 0.3 is 0 Å². The molecule has 0 radical (unpaired) electrons. The van der Waals surface area contributed by atoms with Gasteiger partial charge in [0.25, 0.3) is 5.82 Å². The van der Waals surface area contributed by atoms with Crippen molar-refractivity contribution in [1.82, 2.24) is 0 Å². The van der Waals surface area contributed by atoms with Crippen molar-refractivity contribution >= 4 is 33.1 Å². The fraction of sp³-hybridized carbons (Fsp3) is 0.333. The molecule has 6 heteroatoms. The van der Waals surface area contributed by atoms with Crippen molar-refractivity contribution < 1.29 is 9.72 Å². The molecule has 4 nitrogen and oxygen atoms in total. The van der Waals surface area contributed by atoms with Crippen molar-refractivity contribution in [3.63, 3.8) is 0 Å². The Bertz CT molecular complexity index is 1120. The average Bonchev–Trinajstić information content (AvgIpc) is 3.08. The Labute approximate surface area is 189 Å². The second kappa shape index (κ2) is 9.20. The molecule has 1 aliphatic rings. The van der Waals surface area contributed by atoms with Crippen LogP contribution >= 0.6 is 27.3 Å². The molecular weight excluding hydrogens is 458 g/mol. The van der Waals surface area contributed by atoms with E-state index in [2.05, 4.69) is 40.0 Å². The smallest absolute Gasteiger partial charge is 0.289 e. The van der Waals surface area contributed by atoms with Gasteiger partial charge in [-0.05, 0) is 60.3 Å². The molecule has 1 aromatic carbocycles. The van der Waals surface area contributed by atoms with Crippen LogP contribution in [0.2, 0.25) is 0 Å². The van der Waals surface area contributed by atoms with Crippen LogP contribution in [0.15, 0.2) is 34.8 Å². The van der Waals surface area contributed by atoms with E-state index < -0.39 is 0 Å². The molecule has 0 saturated heterocycles. The van der Waals surface area contributed by atoms with Gasteiger partial charge in [-0.1, -0.05) is 25.0 Å². The normalized spacial score (nSPS) is 13.8. The number of H-pyrrole nitrogens is 1. The summed E-state index contributed by atoms with van der Waals surface area (Å²) in [5, 5.41) is 9.87. The first-order chi connectivity index (χ1) is 14.6. The maximum absolute atomic E-state index is 9.87. The number of anilines is 1. The fourth-order valence-electron chi connectivity index (χ4n) is 4.07. The van der Waals surface area contributed by atoms with Crippen LogP contribution in [0, 0.1) is 18.3 Å². The molecule has 0 fully saturated rings. The summed E-state index contributed by atoms with van der Waals surface area (Å²) in [5.41, 5.74) is 11.5. The van der Waals surface area contributed by atoms with E-state index in [0.717, 1.165) is 51.9 Å². The number of nitrogens with two attached hydrogens (primary N) is 1. The van der Waals surface area contributed by atoms with Crippen molar-refractivity contribution in [2.45, 2.75) is 52.1 Å². The van der Waals surface area contributed by atoms with Gasteiger partial charge in [-0.3, -0.25) is 5.73 Å². The third-order valence-electron chi connectivity index (χ3n) is 5.67. The number of para-hydroxylation sites is 1. The number of hydrogen-bond acceptors (Lipinski definition) is 4. The third-order valence-corrected chi connectivity index (χ3v) is 7.44. The summed E-state index contributed by atoms with van der Waals surface area (Å²) in [4.78, 5) is 5.63. The van der Waals surface area contributed by atoms with Crippen molar-refractivity contribution in [1.29, 1.82) is 5.26 Å². The summed E-state index contributed by atoms with van der Waals surface area (Å²) in [6, 6.07) is 12.4. The minimum absolute atomic E-state index is 0.476. The Morgan fingerprint density at radius 1 is 1.20 bits per heavy atom. The summed E-state index contributed by atoms with van der Waals surface area (Å²) < 4.78 is 6.99. The van der Waals surface area contributed by atoms with Crippen LogP contribution in [-0.4, -0.2) is 0 Å². The highest BCUT2D eigenvalue weighted by Crippen LogP contribution is 2.39. The van der Waals surface area contributed by atoms with Gasteiger partial charge in [-0.2, -0.15) is 5.26 Å². The summed E-state index contributed by atoms with van der Waals surface area (Å²) in [7, 11) is 0. The summed E-state index contributed by atoms with van der Waals surface area (Å²) in [6.45, 7) is 2.60. The van der Waals surface area contributed by atoms with Gasteiger partial charge in [0.15, 0.2) is 0 Å². The zero-order chi connectivity index (χ0) is 21.1. The molecule has 4 rings (SSSR count). The Balaban J connectivity index is 1.73. The molecule has 0 bridgehead atoms. The van der Waals surface area contributed by atoms with Crippen molar-refractivity contribution in [2.75, 3.05) is 5.73 Å². The molecule has 0 amide bonds. The van der Waals surface area contributed by atoms with Crippen LogP contribution in [0.4, 0.5) is 5.82 Å². The number of ether oxygens (including phenoxy) is 1. The molecular formula is C24H25BrN3OS+. The van der Waals surface area contributed by atoms with E-state index in [-0.39, 0.29) is 0 Å². The molecule has 0 saturated carbocycles. The number of aromatic amines is 1. The first-order valence-corrected chi connectivity index (χ1v) is 11.9. The lowest BCUT2D eigenvalue weighted by Crippen LogP contribution is -2.23. The lowest BCUT2D eigenvalue weighted by Gasteiger charge is -2.16. The highest BCUT2D eigenvalue weighted by atomic mass is 79.9. The first kappa shape index (κ1) is 20.9. The van der Waals surface area contributed by atoms with E-state index in [9.17, 15) is 5.26 Å². The highest BCUT2D eigenvalue weighted by molar-refractivity contribution is 9.10. The van der Waals surface area contributed by atoms with Gasteiger partial charge in [0.1, 0.15) is 29.7 Å². The summed E-state index contributed by atoms with van der Waals surface area (Å²) >= 11 is 5.25. The van der Waals surface area contributed by atoms with Crippen LogP contribution in [-0.2, 0) is 19.4 Å². The monoisotopic (exact) mass is 482 g/mol. The predicted octanol–water partition coefficient (Wildman–Crippen LogP) is 5.99. The van der Waals surface area contributed by atoms with Crippen molar-refractivity contribution in [3.05, 3.63) is 62.1 Å². The Hall–Kier alpha value is -2.36. The number of nitriles is 1. The molecule has 30 heavy (non-hydrogen) atoms. The van der Waals surface area contributed by atoms with E-state index in [1.54, 1.807) is 11.3 Å². The standard InChI is InChI=1S/C24H24BrN3OS/c1-15-16(14-29-21-11-7-6-9-19(21)25)12-22(30-15)23-17-8-4-2-3-5-10-20(17)28-24(27)18(23)13-26/h6-7,9,11-12H,2-5,8,10,14H2,1H3,(H2,27,28)/p+1. The van der Waals surface area contributed by atoms with Crippen LogP contribution < -0.4 is 15.5 Å². The summed E-state index contributed by atoms with van der Waals surface area (Å²) in [6.07, 6.45) is 6.75. The van der Waals surface area contributed by atoms with Gasteiger partial charge in [-0.15, -0.1) is 11.3 Å². The van der Waals surface area contributed by atoms with E-state index in [0.29, 0.717) is 18.0 Å². The van der Waals surface area contributed by atoms with Crippen LogP contribution in [0.5, 0.6) is 5.75 Å². The first-order valence-electron chi connectivity index (χ1n) is 10.3. The number of hydrogen-bond donors (Lipinski definition) is 1. The zero-order valence-corrected chi connectivity index (χ0v) is 19.5. The van der Waals surface area contributed by atoms with Gasteiger partial charge in [-0.25, -0.2) is 4.98 Å². The Morgan fingerprint density at radius 2 is 1.97 bits per heavy atom. The molecule has 154 valence electrons. The molecule has 3 aromatic rings. The van der Waals surface area contributed by atoms with Crippen LogP contribution in [0.3, 0.4) is 0 Å². The maximum atomic E-state index is 9.87. The fourth-order valence-corrected chi connectivity index (χ4v) is 5.58. The number of benzene rings is 1. The minimum Gasteiger partial charge on any atom is -0.488 e. The molecule has 1 aliphatic carbocycles. The van der Waals surface area contributed by atoms with E-state index in [4.69, 9.17) is 10.5 Å². The largest absolute Gasteiger partial charge is 0.488 e. The number of thiophene rings is 1. The van der Waals surface area contributed by atoms with Crippen LogP contribution in [0.1, 0.15) is 52.9 Å². The molecule has 0 aliphatic heterocycles. The zero-order valence-electron chi connectivity index (χ0n) is 17.1. The van der Waals surface area contributed by atoms with Gasteiger partial charge in [0.2, 0.25) is 0 Å². The van der Waals surface area contributed by atoms with Crippen molar-refractivity contribution in [2.24, 2.45) is 0 Å². The number of nitrogens with one attached hydrogen (secondary N) is 1. The van der Waals surface area contributed by atoms with Gasteiger partial charge in [0.05, 0.1) is 4.47 Å². The molecule has 3 N–H and O–H groups in total. The number of pyridine rings is 1. The number of nitrogens with zero attached hydrogens (tertiary/aromatic N) is 1. The lowest BCUT2D eigenvalue weighted by molar-refractivity contribution is -0.374. The highest BCUT2D eigenvalue weighted by Gasteiger charge is 2.25. The second-order valence-corrected chi connectivity index (χ2v) is 9.79. The lowest BCUT2D eigenvalue weighted by atomic mass is 9.90. The topological polar surface area (TPSA) is 73.2 Å². The summed E-state index contributed by atoms with van der Waals surface area (Å²) in [5.74, 6) is 1.30. The number of nitrogen functional groups attached to an aromatic ring is 1. The van der Waals surface area contributed by atoms with E-state index in [1.165, 1.54) is 29.0 Å². The molecule has 2 aromatic heterocycles.